The third kappa shape index (κ3) is 2.98. The lowest BCUT2D eigenvalue weighted by Gasteiger charge is -2.06. The maximum Gasteiger partial charge on any atom is 0.188 e. The highest BCUT2D eigenvalue weighted by Crippen LogP contribution is 2.24. The molecule has 2 rings (SSSR count). The highest BCUT2D eigenvalue weighted by atomic mass is 16.7. The van der Waals surface area contributed by atoms with Crippen LogP contribution in [0.3, 0.4) is 0 Å². The van der Waals surface area contributed by atoms with Gasteiger partial charge in [0.05, 0.1) is 0 Å². The van der Waals surface area contributed by atoms with Crippen molar-refractivity contribution in [3.8, 4) is 22.6 Å². The molecule has 2 aromatic rings. The fourth-order valence-corrected chi connectivity index (χ4v) is 1.52. The van der Waals surface area contributed by atoms with E-state index in [1.165, 1.54) is 0 Å². The second kappa shape index (κ2) is 5.37. The molecule has 0 aliphatic heterocycles. The second-order valence-electron chi connectivity index (χ2n) is 3.62. The Morgan fingerprint density at radius 2 is 1.41 bits per heavy atom. The Kier molecular flexibility index (Phi) is 3.62. The van der Waals surface area contributed by atoms with Gasteiger partial charge in [-0.05, 0) is 35.4 Å². The molecule has 17 heavy (non-hydrogen) atoms. The summed E-state index contributed by atoms with van der Waals surface area (Å²) in [6.07, 6.45) is 0. The number of phenolic OH excluding ortho intramolecular Hbond substituents is 1. The van der Waals surface area contributed by atoms with Gasteiger partial charge in [-0.15, -0.1) is 0 Å². The van der Waals surface area contributed by atoms with Gasteiger partial charge < -0.3 is 14.6 Å². The van der Waals surface area contributed by atoms with E-state index in [1.807, 2.05) is 36.4 Å². The zero-order chi connectivity index (χ0) is 12.1. The Hall–Kier alpha value is -2.00. The van der Waals surface area contributed by atoms with Crippen LogP contribution in [0.25, 0.3) is 11.1 Å². The van der Waals surface area contributed by atoms with Gasteiger partial charge in [-0.3, -0.25) is 0 Å². The molecule has 0 heterocycles. The van der Waals surface area contributed by atoms with Gasteiger partial charge in [0.1, 0.15) is 11.5 Å². The van der Waals surface area contributed by atoms with E-state index < -0.39 is 0 Å². The topological polar surface area (TPSA) is 38.7 Å². The van der Waals surface area contributed by atoms with E-state index in [4.69, 9.17) is 9.47 Å². The van der Waals surface area contributed by atoms with Crippen LogP contribution >= 0.6 is 0 Å². The smallest absolute Gasteiger partial charge is 0.188 e. The molecule has 0 bridgehead atoms. The van der Waals surface area contributed by atoms with Crippen LogP contribution in [-0.4, -0.2) is 19.0 Å². The average molecular weight is 230 g/mol. The molecule has 0 radical (unpaired) electrons. The van der Waals surface area contributed by atoms with Crippen molar-refractivity contribution >= 4 is 0 Å². The fourth-order valence-electron chi connectivity index (χ4n) is 1.52. The Bertz CT molecular complexity index is 460. The van der Waals surface area contributed by atoms with E-state index in [9.17, 15) is 5.11 Å². The summed E-state index contributed by atoms with van der Waals surface area (Å²) >= 11 is 0. The molecular weight excluding hydrogens is 216 g/mol. The minimum absolute atomic E-state index is 0.249. The lowest BCUT2D eigenvalue weighted by atomic mass is 10.1. The van der Waals surface area contributed by atoms with E-state index in [0.717, 1.165) is 16.9 Å². The predicted molar refractivity (Wildman–Crippen MR) is 66.0 cm³/mol. The molecule has 0 aromatic heterocycles. The molecule has 2 aromatic carbocycles. The molecule has 0 aliphatic rings. The van der Waals surface area contributed by atoms with Gasteiger partial charge in [0.25, 0.3) is 0 Å². The minimum Gasteiger partial charge on any atom is -0.508 e. The molecule has 0 spiro atoms. The summed E-state index contributed by atoms with van der Waals surface area (Å²) < 4.78 is 10.1. The number of aromatic hydroxyl groups is 1. The van der Waals surface area contributed by atoms with Gasteiger partial charge in [-0.25, -0.2) is 0 Å². The standard InChI is InChI=1S/C14H14O3/c1-16-10-17-14-8-4-12(5-9-14)11-2-6-13(15)7-3-11/h2-9,15H,10H2,1H3. The van der Waals surface area contributed by atoms with Crippen LogP contribution in [0.15, 0.2) is 48.5 Å². The van der Waals surface area contributed by atoms with Crippen LogP contribution in [-0.2, 0) is 4.74 Å². The van der Waals surface area contributed by atoms with Gasteiger partial charge in [-0.2, -0.15) is 0 Å². The van der Waals surface area contributed by atoms with Crippen LogP contribution < -0.4 is 4.74 Å². The van der Waals surface area contributed by atoms with Gasteiger partial charge in [0, 0.05) is 7.11 Å². The van der Waals surface area contributed by atoms with E-state index in [-0.39, 0.29) is 12.5 Å². The normalized spacial score (nSPS) is 10.2. The second-order valence-corrected chi connectivity index (χ2v) is 3.62. The van der Waals surface area contributed by atoms with Crippen LogP contribution in [0.2, 0.25) is 0 Å². The summed E-state index contributed by atoms with van der Waals surface area (Å²) in [4.78, 5) is 0. The largest absolute Gasteiger partial charge is 0.508 e. The maximum absolute atomic E-state index is 9.21. The molecule has 0 amide bonds. The van der Waals surface area contributed by atoms with Crippen molar-refractivity contribution in [3.05, 3.63) is 48.5 Å². The summed E-state index contributed by atoms with van der Waals surface area (Å²) in [5.74, 6) is 1.04. The molecule has 1 N–H and O–H groups in total. The molecule has 0 saturated heterocycles. The molecule has 0 unspecified atom stereocenters. The highest BCUT2D eigenvalue weighted by molar-refractivity contribution is 5.64. The zero-order valence-corrected chi connectivity index (χ0v) is 9.59. The molecule has 88 valence electrons. The van der Waals surface area contributed by atoms with E-state index in [0.29, 0.717) is 0 Å². The monoisotopic (exact) mass is 230 g/mol. The van der Waals surface area contributed by atoms with Crippen LogP contribution in [0.1, 0.15) is 0 Å². The van der Waals surface area contributed by atoms with Gasteiger partial charge >= 0.3 is 0 Å². The van der Waals surface area contributed by atoms with Crippen molar-refractivity contribution in [2.45, 2.75) is 0 Å². The number of phenols is 1. The first-order valence-electron chi connectivity index (χ1n) is 5.31. The lowest BCUT2D eigenvalue weighted by Crippen LogP contribution is -1.98. The molecule has 0 fully saturated rings. The summed E-state index contributed by atoms with van der Waals surface area (Å²) in [7, 11) is 1.59. The highest BCUT2D eigenvalue weighted by Gasteiger charge is 1.98. The van der Waals surface area contributed by atoms with E-state index in [1.54, 1.807) is 19.2 Å². The van der Waals surface area contributed by atoms with Gasteiger partial charge in [0.2, 0.25) is 0 Å². The van der Waals surface area contributed by atoms with Crippen LogP contribution in [0.4, 0.5) is 0 Å². The number of methoxy groups -OCH3 is 1. The number of hydrogen-bond donors (Lipinski definition) is 1. The summed E-state index contributed by atoms with van der Waals surface area (Å²) in [6, 6.07) is 14.8. The summed E-state index contributed by atoms with van der Waals surface area (Å²) in [6.45, 7) is 0.249. The molecule has 3 heteroatoms. The Morgan fingerprint density at radius 3 is 1.94 bits per heavy atom. The molecule has 0 atom stereocenters. The Labute approximate surface area is 100 Å². The number of ether oxygens (including phenoxy) is 2. The van der Waals surface area contributed by atoms with Crippen LogP contribution in [0, 0.1) is 0 Å². The zero-order valence-electron chi connectivity index (χ0n) is 9.59. The molecule has 0 saturated carbocycles. The molecular formula is C14H14O3. The third-order valence-electron chi connectivity index (χ3n) is 2.40. The van der Waals surface area contributed by atoms with Crippen LogP contribution in [0.5, 0.6) is 11.5 Å². The summed E-state index contributed by atoms with van der Waals surface area (Å²) in [5.41, 5.74) is 2.14. The minimum atomic E-state index is 0.249. The van der Waals surface area contributed by atoms with Crippen molar-refractivity contribution in [2.24, 2.45) is 0 Å². The first-order valence-corrected chi connectivity index (χ1v) is 5.31. The van der Waals surface area contributed by atoms with Gasteiger partial charge in [0.15, 0.2) is 6.79 Å². The predicted octanol–water partition coefficient (Wildman–Crippen LogP) is 3.04. The first kappa shape index (κ1) is 11.5. The van der Waals surface area contributed by atoms with Crippen molar-refractivity contribution in [1.82, 2.24) is 0 Å². The van der Waals surface area contributed by atoms with Crippen molar-refractivity contribution < 1.29 is 14.6 Å². The SMILES string of the molecule is COCOc1ccc(-c2ccc(O)cc2)cc1. The van der Waals surface area contributed by atoms with Crippen molar-refractivity contribution in [2.75, 3.05) is 13.9 Å². The Balaban J connectivity index is 2.14. The van der Waals surface area contributed by atoms with Crippen molar-refractivity contribution in [3.63, 3.8) is 0 Å². The molecule has 3 nitrogen and oxygen atoms in total. The third-order valence-corrected chi connectivity index (χ3v) is 2.40. The van der Waals surface area contributed by atoms with Gasteiger partial charge in [-0.1, -0.05) is 24.3 Å². The number of rotatable bonds is 4. The number of benzene rings is 2. The quantitative estimate of drug-likeness (QED) is 0.820. The number of hydrogen-bond acceptors (Lipinski definition) is 3. The lowest BCUT2D eigenvalue weighted by molar-refractivity contribution is 0.0511. The molecule has 0 aliphatic carbocycles. The maximum atomic E-state index is 9.21. The summed E-state index contributed by atoms with van der Waals surface area (Å²) in [5, 5.41) is 9.21. The van der Waals surface area contributed by atoms with E-state index in [2.05, 4.69) is 0 Å². The van der Waals surface area contributed by atoms with Crippen molar-refractivity contribution in [1.29, 1.82) is 0 Å². The fraction of sp³-hybridized carbons (Fsp3) is 0.143. The average Bonchev–Trinajstić information content (AvgIpc) is 2.38. The first-order chi connectivity index (χ1) is 8.29. The van der Waals surface area contributed by atoms with E-state index >= 15 is 0 Å². The Morgan fingerprint density at radius 1 is 0.882 bits per heavy atom.